The zero-order chi connectivity index (χ0) is 17.6. The summed E-state index contributed by atoms with van der Waals surface area (Å²) in [5.41, 5.74) is 4.49. The van der Waals surface area contributed by atoms with E-state index in [0.29, 0.717) is 17.7 Å². The molecule has 5 nitrogen and oxygen atoms in total. The van der Waals surface area contributed by atoms with Crippen LogP contribution in [0, 0.1) is 6.92 Å². The Balaban J connectivity index is 1.63. The van der Waals surface area contributed by atoms with Crippen LogP contribution in [0.3, 0.4) is 0 Å². The highest BCUT2D eigenvalue weighted by Crippen LogP contribution is 2.31. The fourth-order valence-corrected chi connectivity index (χ4v) is 4.79. The van der Waals surface area contributed by atoms with Gasteiger partial charge in [0.05, 0.1) is 10.2 Å². The number of hydrogen-bond donors (Lipinski definition) is 2. The van der Waals surface area contributed by atoms with Crippen LogP contribution in [-0.4, -0.2) is 27.9 Å². The van der Waals surface area contributed by atoms with Crippen LogP contribution in [0.5, 0.6) is 0 Å². The number of benzene rings is 1. The summed E-state index contributed by atoms with van der Waals surface area (Å²) in [5, 5.41) is 2.93. The molecule has 0 atom stereocenters. The normalized spacial score (nSPS) is 13.9. The van der Waals surface area contributed by atoms with Gasteiger partial charge >= 0.3 is 0 Å². The monoisotopic (exact) mass is 371 g/mol. The molecule has 1 aliphatic rings. The number of carbonyl (C=O) groups excluding carboxylic acids is 2. The van der Waals surface area contributed by atoms with E-state index in [1.54, 1.807) is 23.1 Å². The minimum Gasteiger partial charge on any atom is -0.354 e. The highest BCUT2D eigenvalue weighted by atomic mass is 32.2. The number of aromatic amines is 1. The van der Waals surface area contributed by atoms with E-state index in [1.807, 2.05) is 31.4 Å². The lowest BCUT2D eigenvalue weighted by atomic mass is 9.94. The summed E-state index contributed by atoms with van der Waals surface area (Å²) in [6, 6.07) is 5.71. The fourth-order valence-electron chi connectivity index (χ4n) is 3.26. The lowest BCUT2D eigenvalue weighted by Gasteiger charge is -2.09. The average Bonchev–Trinajstić information content (AvgIpc) is 3.16. The Morgan fingerprint density at radius 2 is 2.20 bits per heavy atom. The fraction of sp³-hybridized carbons (Fsp3) is 0.278. The molecule has 4 rings (SSSR count). The number of carbonyl (C=O) groups is 2. The molecule has 1 amide bonds. The van der Waals surface area contributed by atoms with Gasteiger partial charge in [-0.3, -0.25) is 9.59 Å². The van der Waals surface area contributed by atoms with Crippen LogP contribution in [0.4, 0.5) is 5.69 Å². The number of amides is 1. The van der Waals surface area contributed by atoms with Crippen molar-refractivity contribution in [3.8, 4) is 0 Å². The smallest absolute Gasteiger partial charge is 0.272 e. The highest BCUT2D eigenvalue weighted by Gasteiger charge is 2.26. The number of aryl methyl sites for hydroxylation is 1. The Kier molecular flexibility index (Phi) is 4.13. The zero-order valence-corrected chi connectivity index (χ0v) is 15.6. The Morgan fingerprint density at radius 3 is 2.96 bits per heavy atom. The van der Waals surface area contributed by atoms with Gasteiger partial charge in [0, 0.05) is 23.4 Å². The summed E-state index contributed by atoms with van der Waals surface area (Å²) in [4.78, 5) is 32.5. The molecule has 0 fully saturated rings. The lowest BCUT2D eigenvalue weighted by Crippen LogP contribution is -2.13. The number of thioether (sulfide) groups is 1. The minimum absolute atomic E-state index is 0.129. The standard InChI is InChI=1S/C18H17N3O2S2/c1-9-15-12(4-3-5-13(15)22)20-16(9)17(23)19-10-6-7-11-14(8-10)25-18(21-11)24-2/h6-8,20H,3-5H2,1-2H3,(H,19,23). The average molecular weight is 371 g/mol. The molecule has 0 saturated carbocycles. The Morgan fingerprint density at radius 1 is 1.36 bits per heavy atom. The number of hydrogen-bond acceptors (Lipinski definition) is 5. The second kappa shape index (κ2) is 6.31. The molecule has 1 aliphatic carbocycles. The summed E-state index contributed by atoms with van der Waals surface area (Å²) in [5.74, 6) is -0.0848. The van der Waals surface area contributed by atoms with Crippen LogP contribution in [0.15, 0.2) is 22.5 Å². The third kappa shape index (κ3) is 2.87. The topological polar surface area (TPSA) is 74.8 Å². The second-order valence-electron chi connectivity index (χ2n) is 6.08. The molecule has 2 aromatic heterocycles. The number of nitrogens with zero attached hydrogens (tertiary/aromatic N) is 1. The number of thiazole rings is 1. The molecule has 0 spiro atoms. The number of rotatable bonds is 3. The van der Waals surface area contributed by atoms with E-state index in [9.17, 15) is 9.59 Å². The maximum absolute atomic E-state index is 12.7. The second-order valence-corrected chi connectivity index (χ2v) is 8.16. The summed E-state index contributed by atoms with van der Waals surface area (Å²) < 4.78 is 2.05. The first-order valence-corrected chi connectivity index (χ1v) is 10.1. The van der Waals surface area contributed by atoms with Crippen molar-refractivity contribution in [2.75, 3.05) is 11.6 Å². The number of fused-ring (bicyclic) bond motifs is 2. The van der Waals surface area contributed by atoms with Gasteiger partial charge in [-0.1, -0.05) is 11.8 Å². The Hall–Kier alpha value is -2.12. The van der Waals surface area contributed by atoms with Crippen molar-refractivity contribution >= 4 is 50.7 Å². The van der Waals surface area contributed by atoms with Gasteiger partial charge in [0.15, 0.2) is 10.1 Å². The van der Waals surface area contributed by atoms with Crippen LogP contribution in [0.2, 0.25) is 0 Å². The van der Waals surface area contributed by atoms with Crippen molar-refractivity contribution in [3.05, 3.63) is 40.7 Å². The van der Waals surface area contributed by atoms with E-state index in [1.165, 1.54) is 0 Å². The highest BCUT2D eigenvalue weighted by molar-refractivity contribution is 8.00. The number of Topliss-reactive ketones (excluding diaryl/α,β-unsaturated/α-hetero) is 1. The molecule has 2 N–H and O–H groups in total. The molecule has 0 saturated heterocycles. The Bertz CT molecular complexity index is 1000. The summed E-state index contributed by atoms with van der Waals surface area (Å²) in [6.07, 6.45) is 4.22. The summed E-state index contributed by atoms with van der Waals surface area (Å²) in [6.45, 7) is 1.84. The van der Waals surface area contributed by atoms with Crippen molar-refractivity contribution in [1.29, 1.82) is 0 Å². The predicted octanol–water partition coefficient (Wildman–Crippen LogP) is 4.43. The summed E-state index contributed by atoms with van der Waals surface area (Å²) >= 11 is 3.22. The van der Waals surface area contributed by atoms with E-state index in [2.05, 4.69) is 15.3 Å². The zero-order valence-electron chi connectivity index (χ0n) is 13.9. The van der Waals surface area contributed by atoms with Crippen LogP contribution in [0.25, 0.3) is 10.2 Å². The molecule has 128 valence electrons. The van der Waals surface area contributed by atoms with Gasteiger partial charge in [-0.25, -0.2) is 4.98 Å². The maximum Gasteiger partial charge on any atom is 0.272 e. The number of H-pyrrole nitrogens is 1. The number of nitrogens with one attached hydrogen (secondary N) is 2. The largest absolute Gasteiger partial charge is 0.354 e. The first-order chi connectivity index (χ1) is 12.1. The molecular weight excluding hydrogens is 354 g/mol. The molecule has 1 aromatic carbocycles. The van der Waals surface area contributed by atoms with Crippen molar-refractivity contribution in [1.82, 2.24) is 9.97 Å². The van der Waals surface area contributed by atoms with E-state index in [-0.39, 0.29) is 11.7 Å². The number of ketones is 1. The molecule has 3 aromatic rings. The first kappa shape index (κ1) is 16.4. The van der Waals surface area contributed by atoms with E-state index >= 15 is 0 Å². The Labute approximate surface area is 153 Å². The third-order valence-corrected chi connectivity index (χ3v) is 6.47. The van der Waals surface area contributed by atoms with Gasteiger partial charge in [-0.15, -0.1) is 11.3 Å². The summed E-state index contributed by atoms with van der Waals surface area (Å²) in [7, 11) is 0. The van der Waals surface area contributed by atoms with Gasteiger partial charge < -0.3 is 10.3 Å². The van der Waals surface area contributed by atoms with Crippen LogP contribution >= 0.6 is 23.1 Å². The third-order valence-electron chi connectivity index (χ3n) is 4.47. The van der Waals surface area contributed by atoms with Crippen molar-refractivity contribution < 1.29 is 9.59 Å². The molecule has 0 unspecified atom stereocenters. The predicted molar refractivity (Wildman–Crippen MR) is 102 cm³/mol. The maximum atomic E-state index is 12.7. The molecule has 0 radical (unpaired) electrons. The van der Waals surface area contributed by atoms with Gasteiger partial charge in [0.1, 0.15) is 5.69 Å². The molecule has 7 heteroatoms. The van der Waals surface area contributed by atoms with Crippen LogP contribution in [0.1, 0.15) is 44.9 Å². The minimum atomic E-state index is -0.214. The molecule has 2 heterocycles. The van der Waals surface area contributed by atoms with E-state index in [0.717, 1.165) is 44.3 Å². The van der Waals surface area contributed by atoms with Gasteiger partial charge in [-0.05, 0) is 49.8 Å². The molecule has 25 heavy (non-hydrogen) atoms. The van der Waals surface area contributed by atoms with Gasteiger partial charge in [0.2, 0.25) is 0 Å². The van der Waals surface area contributed by atoms with Gasteiger partial charge in [0.25, 0.3) is 5.91 Å². The van der Waals surface area contributed by atoms with Gasteiger partial charge in [-0.2, -0.15) is 0 Å². The van der Waals surface area contributed by atoms with Crippen LogP contribution in [-0.2, 0) is 6.42 Å². The first-order valence-electron chi connectivity index (χ1n) is 8.07. The van der Waals surface area contributed by atoms with E-state index in [4.69, 9.17) is 0 Å². The molecule has 0 aliphatic heterocycles. The number of anilines is 1. The van der Waals surface area contributed by atoms with E-state index < -0.39 is 0 Å². The number of aromatic nitrogens is 2. The van der Waals surface area contributed by atoms with Crippen molar-refractivity contribution in [2.24, 2.45) is 0 Å². The van der Waals surface area contributed by atoms with Crippen LogP contribution < -0.4 is 5.32 Å². The molecular formula is C18H17N3O2S2. The van der Waals surface area contributed by atoms with Crippen molar-refractivity contribution in [2.45, 2.75) is 30.5 Å². The van der Waals surface area contributed by atoms with Crippen molar-refractivity contribution in [3.63, 3.8) is 0 Å². The lowest BCUT2D eigenvalue weighted by molar-refractivity contribution is 0.0971. The quantitative estimate of drug-likeness (QED) is 0.668. The SMILES string of the molecule is CSc1nc2ccc(NC(=O)c3[nH]c4c(c3C)C(=O)CCC4)cc2s1. The molecule has 0 bridgehead atoms.